The molecule has 0 saturated carbocycles. The molecule has 0 amide bonds. The number of hydrogen-bond donors (Lipinski definition) is 0. The van der Waals surface area contributed by atoms with Crippen molar-refractivity contribution >= 4 is 13.3 Å². The molecule has 3 rings (SSSR count). The third kappa shape index (κ3) is 2.90. The molecule has 0 aromatic heterocycles. The van der Waals surface area contributed by atoms with Crippen molar-refractivity contribution in [2.45, 2.75) is 19.6 Å². The zero-order valence-electron chi connectivity index (χ0n) is 13.5. The molecule has 0 heterocycles. The third-order valence-corrected chi connectivity index (χ3v) is 6.09. The minimum Gasteiger partial charge on any atom is -0.0656 e. The fourth-order valence-electron chi connectivity index (χ4n) is 2.96. The van der Waals surface area contributed by atoms with Crippen LogP contribution in [0.25, 0.3) is 22.3 Å². The highest BCUT2D eigenvalue weighted by molar-refractivity contribution is 6.89. The molecule has 0 radical (unpaired) electrons. The predicted octanol–water partition coefficient (Wildman–Crippen LogP) is 5.57. The van der Waals surface area contributed by atoms with Crippen molar-refractivity contribution in [2.24, 2.45) is 0 Å². The molecule has 0 fully saturated rings. The minimum absolute atomic E-state index is 1.28. The van der Waals surface area contributed by atoms with Gasteiger partial charge in [-0.15, -0.1) is 0 Å². The second-order valence-corrected chi connectivity index (χ2v) is 11.7. The molecule has 0 atom stereocenters. The molecule has 0 bridgehead atoms. The fraction of sp³-hybridized carbons (Fsp3) is 0.143. The highest BCUT2D eigenvalue weighted by Crippen LogP contribution is 2.31. The fourth-order valence-corrected chi connectivity index (χ4v) is 4.58. The Bertz CT molecular complexity index is 767. The molecule has 0 aliphatic rings. The van der Waals surface area contributed by atoms with Crippen LogP contribution < -0.4 is 5.19 Å². The van der Waals surface area contributed by atoms with Gasteiger partial charge < -0.3 is 0 Å². The van der Waals surface area contributed by atoms with Crippen LogP contribution in [0, 0.1) is 0 Å². The largest absolute Gasteiger partial charge is 0.0784 e. The van der Waals surface area contributed by atoms with E-state index in [0.717, 1.165) is 0 Å². The summed E-state index contributed by atoms with van der Waals surface area (Å²) in [6.45, 7) is 7.24. The first kappa shape index (κ1) is 14.8. The van der Waals surface area contributed by atoms with Gasteiger partial charge in [0, 0.05) is 0 Å². The second-order valence-electron chi connectivity index (χ2n) is 6.71. The van der Waals surface area contributed by atoms with Crippen molar-refractivity contribution in [3.8, 4) is 22.3 Å². The first-order valence-corrected chi connectivity index (χ1v) is 11.3. The molecule has 0 unspecified atom stereocenters. The predicted molar refractivity (Wildman–Crippen MR) is 100 cm³/mol. The van der Waals surface area contributed by atoms with Crippen molar-refractivity contribution < 1.29 is 0 Å². The quantitative estimate of drug-likeness (QED) is 0.555. The van der Waals surface area contributed by atoms with Gasteiger partial charge in [0.15, 0.2) is 0 Å². The van der Waals surface area contributed by atoms with Crippen molar-refractivity contribution in [1.29, 1.82) is 0 Å². The monoisotopic (exact) mass is 302 g/mol. The van der Waals surface area contributed by atoms with Crippen molar-refractivity contribution in [1.82, 2.24) is 0 Å². The summed E-state index contributed by atoms with van der Waals surface area (Å²) in [5.41, 5.74) is 5.32. The van der Waals surface area contributed by atoms with Gasteiger partial charge in [-0.2, -0.15) is 0 Å². The second kappa shape index (κ2) is 5.94. The van der Waals surface area contributed by atoms with E-state index in [2.05, 4.69) is 98.5 Å². The molecule has 0 spiro atoms. The van der Waals surface area contributed by atoms with E-state index >= 15 is 0 Å². The van der Waals surface area contributed by atoms with E-state index in [1.807, 2.05) is 0 Å². The van der Waals surface area contributed by atoms with Gasteiger partial charge in [-0.3, -0.25) is 0 Å². The highest BCUT2D eigenvalue weighted by atomic mass is 28.3. The Morgan fingerprint density at radius 1 is 0.500 bits per heavy atom. The molecule has 110 valence electrons. The highest BCUT2D eigenvalue weighted by Gasteiger charge is 2.21. The topological polar surface area (TPSA) is 0 Å². The summed E-state index contributed by atoms with van der Waals surface area (Å²) in [5.74, 6) is 0. The van der Waals surface area contributed by atoms with Crippen LogP contribution in [0.5, 0.6) is 0 Å². The van der Waals surface area contributed by atoms with Gasteiger partial charge >= 0.3 is 0 Å². The van der Waals surface area contributed by atoms with Crippen LogP contribution in [0.3, 0.4) is 0 Å². The summed E-state index contributed by atoms with van der Waals surface area (Å²) >= 11 is 0. The van der Waals surface area contributed by atoms with Gasteiger partial charge in [0.2, 0.25) is 0 Å². The molecule has 0 N–H and O–H groups in total. The first-order valence-electron chi connectivity index (χ1n) is 7.82. The average molecular weight is 302 g/mol. The Morgan fingerprint density at radius 2 is 1.00 bits per heavy atom. The molecule has 0 aliphatic heterocycles. The van der Waals surface area contributed by atoms with Crippen molar-refractivity contribution in [3.05, 3.63) is 78.9 Å². The minimum atomic E-state index is -1.38. The molecule has 3 aromatic carbocycles. The van der Waals surface area contributed by atoms with Crippen LogP contribution in [0.15, 0.2) is 78.9 Å². The van der Waals surface area contributed by atoms with Crippen LogP contribution in [-0.2, 0) is 0 Å². The van der Waals surface area contributed by atoms with E-state index in [4.69, 9.17) is 0 Å². The van der Waals surface area contributed by atoms with E-state index in [1.165, 1.54) is 27.4 Å². The maximum Gasteiger partial charge on any atom is 0.0784 e. The van der Waals surface area contributed by atoms with Crippen LogP contribution in [0.1, 0.15) is 0 Å². The van der Waals surface area contributed by atoms with Crippen LogP contribution in [-0.4, -0.2) is 8.07 Å². The van der Waals surface area contributed by atoms with E-state index < -0.39 is 8.07 Å². The average Bonchev–Trinajstić information content (AvgIpc) is 2.55. The maximum absolute atomic E-state index is 2.41. The van der Waals surface area contributed by atoms with Crippen LogP contribution in [0.2, 0.25) is 19.6 Å². The van der Waals surface area contributed by atoms with E-state index in [1.54, 1.807) is 0 Å². The Hall–Kier alpha value is -2.12. The summed E-state index contributed by atoms with van der Waals surface area (Å²) in [6.07, 6.45) is 0. The summed E-state index contributed by atoms with van der Waals surface area (Å²) in [7, 11) is -1.38. The van der Waals surface area contributed by atoms with Gasteiger partial charge in [0.05, 0.1) is 8.07 Å². The number of hydrogen-bond acceptors (Lipinski definition) is 0. The van der Waals surface area contributed by atoms with E-state index in [-0.39, 0.29) is 0 Å². The van der Waals surface area contributed by atoms with Gasteiger partial charge in [-0.25, -0.2) is 0 Å². The van der Waals surface area contributed by atoms with Gasteiger partial charge in [0.25, 0.3) is 0 Å². The molecule has 1 heteroatoms. The van der Waals surface area contributed by atoms with E-state index in [0.29, 0.717) is 0 Å². The molecule has 0 nitrogen and oxygen atoms in total. The van der Waals surface area contributed by atoms with Crippen molar-refractivity contribution in [3.63, 3.8) is 0 Å². The lowest BCUT2D eigenvalue weighted by Gasteiger charge is -2.22. The molecule has 3 aromatic rings. The van der Waals surface area contributed by atoms with Gasteiger partial charge in [-0.05, 0) is 22.3 Å². The number of benzene rings is 3. The van der Waals surface area contributed by atoms with E-state index in [9.17, 15) is 0 Å². The van der Waals surface area contributed by atoms with Crippen molar-refractivity contribution in [2.75, 3.05) is 0 Å². The normalized spacial score (nSPS) is 11.4. The SMILES string of the molecule is C[Si](C)(C)c1ccccc1-c1ccccc1-c1ccccc1. The lowest BCUT2D eigenvalue weighted by molar-refractivity contribution is 1.58. The molecule has 0 saturated heterocycles. The smallest absolute Gasteiger partial charge is 0.0656 e. The lowest BCUT2D eigenvalue weighted by atomic mass is 9.95. The Kier molecular flexibility index (Phi) is 3.99. The summed E-state index contributed by atoms with van der Waals surface area (Å²) in [4.78, 5) is 0. The molecule has 22 heavy (non-hydrogen) atoms. The van der Waals surface area contributed by atoms with Gasteiger partial charge in [0.1, 0.15) is 0 Å². The lowest BCUT2D eigenvalue weighted by Crippen LogP contribution is -2.38. The first-order chi connectivity index (χ1) is 10.6. The Balaban J connectivity index is 2.24. The molecular formula is C21H22Si. The molecule has 0 aliphatic carbocycles. The maximum atomic E-state index is 2.41. The summed E-state index contributed by atoms with van der Waals surface area (Å²) in [5, 5.41) is 1.53. The van der Waals surface area contributed by atoms with Gasteiger partial charge in [-0.1, -0.05) is 104 Å². The standard InChI is InChI=1S/C21H22Si/c1-22(2,3)21-16-10-9-15-20(21)19-14-8-7-13-18(19)17-11-5-4-6-12-17/h4-16H,1-3H3. The number of rotatable bonds is 3. The van der Waals surface area contributed by atoms with Crippen LogP contribution >= 0.6 is 0 Å². The van der Waals surface area contributed by atoms with Crippen LogP contribution in [0.4, 0.5) is 0 Å². The zero-order valence-corrected chi connectivity index (χ0v) is 14.5. The molecular weight excluding hydrogens is 280 g/mol. The summed E-state index contributed by atoms with van der Waals surface area (Å²) < 4.78 is 0. The zero-order chi connectivity index (χ0) is 15.6. The Morgan fingerprint density at radius 3 is 1.64 bits per heavy atom. The Labute approximate surface area is 134 Å². The summed E-state index contributed by atoms with van der Waals surface area (Å²) in [6, 6.07) is 28.3. The third-order valence-electron chi connectivity index (χ3n) is 4.04.